The van der Waals surface area contributed by atoms with Gasteiger partial charge in [-0.3, -0.25) is 0 Å². The van der Waals surface area contributed by atoms with Crippen LogP contribution >= 0.6 is 22.6 Å². The van der Waals surface area contributed by atoms with Gasteiger partial charge in [0.15, 0.2) is 0 Å². The summed E-state index contributed by atoms with van der Waals surface area (Å²) in [6.45, 7) is 7.88. The molecular formula is C15H24IN3. The van der Waals surface area contributed by atoms with Gasteiger partial charge in [0.2, 0.25) is 0 Å². The van der Waals surface area contributed by atoms with Crippen LogP contribution in [0.4, 0.5) is 5.82 Å². The van der Waals surface area contributed by atoms with Crippen LogP contribution in [0.5, 0.6) is 0 Å². The third-order valence-corrected chi connectivity index (χ3v) is 4.80. The Labute approximate surface area is 130 Å². The highest BCUT2D eigenvalue weighted by Crippen LogP contribution is 2.41. The molecule has 1 fully saturated rings. The molecule has 4 heteroatoms. The van der Waals surface area contributed by atoms with Crippen molar-refractivity contribution in [2.24, 2.45) is 5.41 Å². The van der Waals surface area contributed by atoms with E-state index in [-0.39, 0.29) is 0 Å². The molecule has 0 amide bonds. The topological polar surface area (TPSA) is 37.8 Å². The van der Waals surface area contributed by atoms with Gasteiger partial charge in [-0.15, -0.1) is 0 Å². The summed E-state index contributed by atoms with van der Waals surface area (Å²) in [7, 11) is 0. The first-order valence-corrected chi connectivity index (χ1v) is 8.36. The fourth-order valence-electron chi connectivity index (χ4n) is 2.60. The molecule has 0 saturated heterocycles. The van der Waals surface area contributed by atoms with E-state index >= 15 is 0 Å². The van der Waals surface area contributed by atoms with E-state index in [9.17, 15) is 0 Å². The smallest absolute Gasteiger partial charge is 0.143 e. The molecule has 1 N–H and O–H groups in total. The number of nitrogens with one attached hydrogen (secondary N) is 1. The minimum Gasteiger partial charge on any atom is -0.369 e. The Kier molecular flexibility index (Phi) is 5.03. The lowest BCUT2D eigenvalue weighted by Gasteiger charge is -2.33. The van der Waals surface area contributed by atoms with Crippen molar-refractivity contribution in [1.29, 1.82) is 0 Å². The minimum absolute atomic E-state index is 0.503. The zero-order chi connectivity index (χ0) is 13.9. The molecule has 2 rings (SSSR count). The largest absolute Gasteiger partial charge is 0.369 e. The van der Waals surface area contributed by atoms with Crippen LogP contribution in [0.15, 0.2) is 6.20 Å². The molecule has 1 saturated carbocycles. The Bertz CT molecular complexity index is 421. The molecule has 0 spiro atoms. The molecule has 0 atom stereocenters. The van der Waals surface area contributed by atoms with Crippen LogP contribution < -0.4 is 5.32 Å². The van der Waals surface area contributed by atoms with Gasteiger partial charge in [-0.1, -0.05) is 20.8 Å². The van der Waals surface area contributed by atoms with Gasteiger partial charge < -0.3 is 5.32 Å². The summed E-state index contributed by atoms with van der Waals surface area (Å²) in [5, 5.41) is 3.40. The van der Waals surface area contributed by atoms with E-state index in [1.165, 1.54) is 25.7 Å². The van der Waals surface area contributed by atoms with E-state index in [0.29, 0.717) is 11.3 Å². The molecule has 106 valence electrons. The molecule has 0 aromatic carbocycles. The fraction of sp³-hybridized carbons (Fsp3) is 0.733. The Morgan fingerprint density at radius 2 is 2.05 bits per heavy atom. The van der Waals surface area contributed by atoms with Crippen LogP contribution in [0.3, 0.4) is 0 Å². The van der Waals surface area contributed by atoms with Gasteiger partial charge in [-0.2, -0.15) is 0 Å². The van der Waals surface area contributed by atoms with Crippen molar-refractivity contribution >= 4 is 28.4 Å². The summed E-state index contributed by atoms with van der Waals surface area (Å²) in [5.41, 5.74) is 0.503. The Morgan fingerprint density at radius 1 is 1.37 bits per heavy atom. The predicted octanol–water partition coefficient (Wildman–Crippen LogP) is 4.59. The van der Waals surface area contributed by atoms with Gasteiger partial charge >= 0.3 is 0 Å². The van der Waals surface area contributed by atoms with Gasteiger partial charge in [0.05, 0.1) is 3.57 Å². The number of aromatic nitrogens is 2. The number of nitrogens with zero attached hydrogens (tertiary/aromatic N) is 2. The standard InChI is InChI=1S/C15H24IN3/c1-4-9-17-14-12(16)10-18-13(19-14)11-5-7-15(2,3)8-6-11/h10-11H,4-9H2,1-3H3,(H,17,18,19). The van der Waals surface area contributed by atoms with E-state index in [1.54, 1.807) is 0 Å². The monoisotopic (exact) mass is 373 g/mol. The van der Waals surface area contributed by atoms with Crippen LogP contribution in [0.25, 0.3) is 0 Å². The molecule has 1 aliphatic carbocycles. The summed E-state index contributed by atoms with van der Waals surface area (Å²) in [6.07, 6.45) is 8.09. The maximum Gasteiger partial charge on any atom is 0.143 e. The molecule has 0 radical (unpaired) electrons. The van der Waals surface area contributed by atoms with E-state index in [4.69, 9.17) is 4.98 Å². The van der Waals surface area contributed by atoms with E-state index in [2.05, 4.69) is 53.7 Å². The summed E-state index contributed by atoms with van der Waals surface area (Å²) in [6, 6.07) is 0. The van der Waals surface area contributed by atoms with Gasteiger partial charge in [0, 0.05) is 18.7 Å². The molecule has 0 unspecified atom stereocenters. The summed E-state index contributed by atoms with van der Waals surface area (Å²) in [4.78, 5) is 9.31. The lowest BCUT2D eigenvalue weighted by Crippen LogP contribution is -2.21. The second-order valence-corrected chi connectivity index (χ2v) is 7.45. The van der Waals surface area contributed by atoms with Crippen LogP contribution in [-0.2, 0) is 0 Å². The van der Waals surface area contributed by atoms with Crippen LogP contribution in [-0.4, -0.2) is 16.5 Å². The zero-order valence-corrected chi connectivity index (χ0v) is 14.3. The lowest BCUT2D eigenvalue weighted by molar-refractivity contribution is 0.221. The van der Waals surface area contributed by atoms with Gasteiger partial charge in [0.25, 0.3) is 0 Å². The molecule has 0 bridgehead atoms. The number of anilines is 1. The van der Waals surface area contributed by atoms with Crippen molar-refractivity contribution in [2.45, 2.75) is 58.8 Å². The lowest BCUT2D eigenvalue weighted by atomic mass is 9.73. The highest BCUT2D eigenvalue weighted by Gasteiger charge is 2.29. The molecular weight excluding hydrogens is 349 g/mol. The minimum atomic E-state index is 0.503. The first-order chi connectivity index (χ1) is 9.02. The highest BCUT2D eigenvalue weighted by atomic mass is 127. The van der Waals surface area contributed by atoms with E-state index in [0.717, 1.165) is 28.2 Å². The molecule has 19 heavy (non-hydrogen) atoms. The van der Waals surface area contributed by atoms with Crippen molar-refractivity contribution < 1.29 is 0 Å². The molecule has 1 aliphatic rings. The van der Waals surface area contributed by atoms with Gasteiger partial charge in [-0.05, 0) is 60.1 Å². The Hall–Kier alpha value is -0.390. The summed E-state index contributed by atoms with van der Waals surface area (Å²) >= 11 is 2.31. The number of hydrogen-bond acceptors (Lipinski definition) is 3. The SMILES string of the molecule is CCCNc1nc(C2CCC(C)(C)CC2)ncc1I. The maximum absolute atomic E-state index is 4.75. The molecule has 1 heterocycles. The third kappa shape index (κ3) is 4.04. The second kappa shape index (κ2) is 6.37. The normalized spacial score (nSPS) is 19.4. The van der Waals surface area contributed by atoms with E-state index in [1.807, 2.05) is 6.20 Å². The summed E-state index contributed by atoms with van der Waals surface area (Å²) in [5.74, 6) is 2.60. The average Bonchev–Trinajstić information content (AvgIpc) is 2.38. The quantitative estimate of drug-likeness (QED) is 0.785. The van der Waals surface area contributed by atoms with Crippen molar-refractivity contribution in [3.05, 3.63) is 15.6 Å². The van der Waals surface area contributed by atoms with Crippen molar-refractivity contribution in [2.75, 3.05) is 11.9 Å². The predicted molar refractivity (Wildman–Crippen MR) is 88.5 cm³/mol. The number of hydrogen-bond donors (Lipinski definition) is 1. The maximum atomic E-state index is 4.75. The average molecular weight is 373 g/mol. The van der Waals surface area contributed by atoms with Gasteiger partial charge in [0.1, 0.15) is 11.6 Å². The van der Waals surface area contributed by atoms with Gasteiger partial charge in [-0.25, -0.2) is 9.97 Å². The molecule has 0 aliphatic heterocycles. The van der Waals surface area contributed by atoms with Crippen LogP contribution in [0, 0.1) is 8.99 Å². The Morgan fingerprint density at radius 3 is 2.68 bits per heavy atom. The van der Waals surface area contributed by atoms with Crippen molar-refractivity contribution in [3.63, 3.8) is 0 Å². The fourth-order valence-corrected chi connectivity index (χ4v) is 3.05. The zero-order valence-electron chi connectivity index (χ0n) is 12.2. The van der Waals surface area contributed by atoms with Crippen LogP contribution in [0.2, 0.25) is 0 Å². The molecule has 1 aromatic rings. The molecule has 1 aromatic heterocycles. The molecule has 3 nitrogen and oxygen atoms in total. The number of rotatable bonds is 4. The first-order valence-electron chi connectivity index (χ1n) is 7.28. The number of halogens is 1. The Balaban J connectivity index is 2.08. The van der Waals surface area contributed by atoms with Crippen molar-refractivity contribution in [1.82, 2.24) is 9.97 Å². The summed E-state index contributed by atoms with van der Waals surface area (Å²) < 4.78 is 1.12. The first kappa shape index (κ1) is 15.0. The van der Waals surface area contributed by atoms with Crippen molar-refractivity contribution in [3.8, 4) is 0 Å². The highest BCUT2D eigenvalue weighted by molar-refractivity contribution is 14.1. The van der Waals surface area contributed by atoms with E-state index < -0.39 is 0 Å². The second-order valence-electron chi connectivity index (χ2n) is 6.29. The van der Waals surface area contributed by atoms with Crippen LogP contribution in [0.1, 0.15) is 64.6 Å². The third-order valence-electron chi connectivity index (χ3n) is 4.01.